The summed E-state index contributed by atoms with van der Waals surface area (Å²) in [6.07, 6.45) is 0. The minimum absolute atomic E-state index is 0. The number of phenolic OH excluding ortho intramolecular Hbond substituents is 1. The van der Waals surface area contributed by atoms with Crippen LogP contribution in [0, 0.1) is 5.82 Å². The fraction of sp³-hybridized carbons (Fsp3) is 0. The molecule has 6 aromatic carbocycles. The van der Waals surface area contributed by atoms with Crippen molar-refractivity contribution in [2.75, 3.05) is 0 Å². The van der Waals surface area contributed by atoms with Crippen LogP contribution in [0.2, 0.25) is 0 Å². The zero-order valence-corrected chi connectivity index (χ0v) is 28.8. The van der Waals surface area contributed by atoms with Gasteiger partial charge in [0.2, 0.25) is 0 Å². The van der Waals surface area contributed by atoms with Gasteiger partial charge in [0.25, 0.3) is 6.47 Å². The molecule has 1 N–H and O–H groups in total. The van der Waals surface area contributed by atoms with E-state index in [1.165, 1.54) is 27.6 Å². The number of rotatable bonds is 2. The molecule has 7 aromatic rings. The number of benzene rings is 6. The number of carbonyl (C=O) groups is 1. The average molecular weight is 597 g/mol. The minimum Gasteiger partial charge on any atom is -1.00 e. The summed E-state index contributed by atoms with van der Waals surface area (Å²) in [6.45, 7) is -0.181. The van der Waals surface area contributed by atoms with Crippen molar-refractivity contribution >= 4 is 50.0 Å². The molecule has 0 bridgehead atoms. The van der Waals surface area contributed by atoms with Crippen LogP contribution >= 0.6 is 0 Å². The van der Waals surface area contributed by atoms with Gasteiger partial charge in [-0.3, -0.25) is 4.79 Å². The van der Waals surface area contributed by atoms with E-state index >= 15 is 0 Å². The Hall–Kier alpha value is -1.93. The van der Waals surface area contributed by atoms with Crippen LogP contribution in [-0.4, -0.2) is 11.6 Å². The molecular formula is C33H23FK2O5. The number of aromatic hydroxyl groups is 1. The molecular weight excluding hydrogens is 574 g/mol. The van der Waals surface area contributed by atoms with E-state index in [9.17, 15) is 9.50 Å². The Morgan fingerprint density at radius 2 is 1.22 bits per heavy atom. The molecule has 7 rings (SSSR count). The Morgan fingerprint density at radius 1 is 0.683 bits per heavy atom. The van der Waals surface area contributed by atoms with Crippen molar-refractivity contribution in [3.63, 3.8) is 0 Å². The Kier molecular flexibility index (Phi) is 13.2. The van der Waals surface area contributed by atoms with Gasteiger partial charge in [-0.1, -0.05) is 97.1 Å². The normalized spacial score (nSPS) is 10.0. The molecule has 0 saturated heterocycles. The van der Waals surface area contributed by atoms with E-state index in [1.54, 1.807) is 24.3 Å². The van der Waals surface area contributed by atoms with Crippen LogP contribution in [0.5, 0.6) is 5.75 Å². The molecule has 0 amide bonds. The Bertz CT molecular complexity index is 1920. The minimum atomic E-state index is -0.329. The number of hydrogen-bond donors (Lipinski definition) is 1. The van der Waals surface area contributed by atoms with Gasteiger partial charge < -0.3 is 21.1 Å². The van der Waals surface area contributed by atoms with Gasteiger partial charge in [0.1, 0.15) is 22.7 Å². The molecule has 0 unspecified atom stereocenters. The molecule has 0 spiro atoms. The summed E-state index contributed by atoms with van der Waals surface area (Å²) in [4.78, 5) is 11.2. The molecule has 0 fully saturated rings. The quantitative estimate of drug-likeness (QED) is 0.142. The number of fused-ring (bicyclic) bond motifs is 6. The smallest absolute Gasteiger partial charge is 1.00 e. The number of para-hydroxylation sites is 1. The standard InChI is InChI=1S/C16H11FO.C16H10O.CH2O3.2K.H/c17-14-8-4-3-7-13(14)16-12-6-2-1-5-11(12)9-10-15(16)18;1-2-6-12-11(5-1)9-10-15-16(12)13-7-3-4-8-14(13)17-15;2-1-4-3;;;/h1-10,18H;1-10H;1,3H;;;/q;;;2*+1;-1/p-1. The molecule has 5 nitrogen and oxygen atoms in total. The fourth-order valence-electron chi connectivity index (χ4n) is 4.70. The van der Waals surface area contributed by atoms with Crippen LogP contribution < -0.4 is 108 Å². The van der Waals surface area contributed by atoms with Gasteiger partial charge in [-0.2, -0.15) is 0 Å². The van der Waals surface area contributed by atoms with Crippen molar-refractivity contribution in [3.05, 3.63) is 127 Å². The summed E-state index contributed by atoms with van der Waals surface area (Å²) in [6, 6.07) is 38.3. The first-order valence-corrected chi connectivity index (χ1v) is 12.1. The van der Waals surface area contributed by atoms with Crippen LogP contribution in [0.25, 0.3) is 54.6 Å². The molecule has 0 saturated carbocycles. The Morgan fingerprint density at radius 3 is 1.90 bits per heavy atom. The molecule has 0 aliphatic heterocycles. The molecule has 1 heterocycles. The maximum absolute atomic E-state index is 13.9. The molecule has 0 radical (unpaired) electrons. The third-order valence-electron chi connectivity index (χ3n) is 6.36. The maximum Gasteiger partial charge on any atom is 1.00 e. The number of halogens is 1. The van der Waals surface area contributed by atoms with Crippen molar-refractivity contribution < 1.29 is 133 Å². The molecule has 1 aromatic heterocycles. The first-order valence-electron chi connectivity index (χ1n) is 12.1. The average Bonchev–Trinajstić information content (AvgIpc) is 3.38. The predicted molar refractivity (Wildman–Crippen MR) is 150 cm³/mol. The summed E-state index contributed by atoms with van der Waals surface area (Å²) in [7, 11) is 0. The van der Waals surface area contributed by atoms with Gasteiger partial charge >= 0.3 is 103 Å². The maximum atomic E-state index is 13.9. The Labute approximate surface area is 322 Å². The second kappa shape index (κ2) is 16.1. The second-order valence-corrected chi connectivity index (χ2v) is 8.61. The van der Waals surface area contributed by atoms with Crippen LogP contribution in [0.15, 0.2) is 126 Å². The zero-order valence-electron chi connectivity index (χ0n) is 23.6. The zero-order chi connectivity index (χ0) is 27.2. The van der Waals surface area contributed by atoms with Crippen molar-refractivity contribution in [3.8, 4) is 16.9 Å². The third kappa shape index (κ3) is 7.54. The summed E-state index contributed by atoms with van der Waals surface area (Å²) >= 11 is 0. The van der Waals surface area contributed by atoms with Gasteiger partial charge in [-0.25, -0.2) is 4.39 Å². The van der Waals surface area contributed by atoms with Crippen LogP contribution in [0.3, 0.4) is 0 Å². The van der Waals surface area contributed by atoms with Crippen molar-refractivity contribution in [1.29, 1.82) is 0 Å². The van der Waals surface area contributed by atoms with Gasteiger partial charge in [0.15, 0.2) is 0 Å². The van der Waals surface area contributed by atoms with Crippen LogP contribution in [0.1, 0.15) is 1.43 Å². The molecule has 0 aliphatic rings. The van der Waals surface area contributed by atoms with Crippen LogP contribution in [-0.2, 0) is 9.68 Å². The summed E-state index contributed by atoms with van der Waals surface area (Å²) in [5.41, 5.74) is 2.89. The van der Waals surface area contributed by atoms with Crippen molar-refractivity contribution in [1.82, 2.24) is 0 Å². The largest absolute Gasteiger partial charge is 1.00 e. The SMILES string of the molecule is O=CO[O-].Oc1ccc2ccccc2c1-c1ccccc1F.[H-].[K+].[K+].c1ccc2c(c1)ccc1oc3ccccc3c12. The molecule has 8 heteroatoms. The van der Waals surface area contributed by atoms with Gasteiger partial charge in [-0.15, -0.1) is 0 Å². The van der Waals surface area contributed by atoms with E-state index in [0.29, 0.717) is 11.1 Å². The number of phenols is 1. The molecule has 0 atom stereocenters. The van der Waals surface area contributed by atoms with Crippen molar-refractivity contribution in [2.24, 2.45) is 0 Å². The first-order chi connectivity index (χ1) is 19.1. The van der Waals surface area contributed by atoms with E-state index < -0.39 is 0 Å². The monoisotopic (exact) mass is 596 g/mol. The van der Waals surface area contributed by atoms with E-state index in [0.717, 1.165) is 21.9 Å². The number of hydrogen-bond acceptors (Lipinski definition) is 5. The molecule has 194 valence electrons. The summed E-state index contributed by atoms with van der Waals surface area (Å²) in [5.74, 6) is -0.233. The Balaban J connectivity index is 0.000000245. The summed E-state index contributed by atoms with van der Waals surface area (Å²) in [5, 5.41) is 25.2. The fourth-order valence-corrected chi connectivity index (χ4v) is 4.70. The van der Waals surface area contributed by atoms with Gasteiger partial charge in [0.05, 0.1) is 0 Å². The van der Waals surface area contributed by atoms with Crippen molar-refractivity contribution in [2.45, 2.75) is 0 Å². The molecule has 0 aliphatic carbocycles. The van der Waals surface area contributed by atoms with Gasteiger partial charge in [-0.05, 0) is 45.8 Å². The third-order valence-corrected chi connectivity index (χ3v) is 6.36. The van der Waals surface area contributed by atoms with Crippen LogP contribution in [0.4, 0.5) is 4.39 Å². The van der Waals surface area contributed by atoms with Gasteiger partial charge in [0, 0.05) is 21.9 Å². The first kappa shape index (κ1) is 33.6. The predicted octanol–water partition coefficient (Wildman–Crippen LogP) is 1.65. The van der Waals surface area contributed by atoms with E-state index in [-0.39, 0.29) is 122 Å². The molecule has 41 heavy (non-hydrogen) atoms. The number of furan rings is 1. The summed E-state index contributed by atoms with van der Waals surface area (Å²) < 4.78 is 19.7. The number of carbonyl (C=O) groups excluding carboxylic acids is 1. The second-order valence-electron chi connectivity index (χ2n) is 8.61. The van der Waals surface area contributed by atoms with E-state index in [2.05, 4.69) is 53.4 Å². The topological polar surface area (TPSA) is 82.7 Å². The van der Waals surface area contributed by atoms with E-state index in [4.69, 9.17) is 14.5 Å². The van der Waals surface area contributed by atoms with E-state index in [1.807, 2.05) is 42.5 Å².